The fraction of sp³-hybridized carbons (Fsp3) is 0.452. The lowest BCUT2D eigenvalue weighted by atomic mass is 9.75. The van der Waals surface area contributed by atoms with Crippen LogP contribution >= 0.6 is 0 Å². The molecule has 5 heterocycles. The zero-order valence-electron chi connectivity index (χ0n) is 24.0. The molecule has 1 aliphatic carbocycles. The molecule has 1 aliphatic heterocycles. The minimum Gasteiger partial charge on any atom is -0.474 e. The zero-order valence-corrected chi connectivity index (χ0v) is 24.0. The van der Waals surface area contributed by atoms with Gasteiger partial charge in [0.2, 0.25) is 11.8 Å². The number of piperidine rings is 1. The van der Waals surface area contributed by atoms with Gasteiger partial charge in [0, 0.05) is 49.4 Å². The second-order valence-electron chi connectivity index (χ2n) is 11.4. The van der Waals surface area contributed by atoms with Crippen molar-refractivity contribution in [2.24, 2.45) is 5.92 Å². The molecule has 4 aromatic heterocycles. The number of fused-ring (bicyclic) bond motifs is 2. The summed E-state index contributed by atoms with van der Waals surface area (Å²) in [6.45, 7) is 3.55. The molecular weight excluding hydrogens is 561 g/mol. The topological polar surface area (TPSA) is 106 Å². The van der Waals surface area contributed by atoms with Crippen molar-refractivity contribution in [3.05, 3.63) is 65.5 Å². The van der Waals surface area contributed by atoms with E-state index in [4.69, 9.17) is 9.47 Å². The van der Waals surface area contributed by atoms with Gasteiger partial charge in [0.1, 0.15) is 35.2 Å². The Bertz CT molecular complexity index is 1620. The Morgan fingerprint density at radius 1 is 1.09 bits per heavy atom. The predicted octanol–water partition coefficient (Wildman–Crippen LogP) is 5.90. The number of nitrogens with one attached hydrogen (secondary N) is 1. The lowest BCUT2D eigenvalue weighted by Gasteiger charge is -2.30. The van der Waals surface area contributed by atoms with Crippen molar-refractivity contribution in [2.45, 2.75) is 63.6 Å². The summed E-state index contributed by atoms with van der Waals surface area (Å²) < 4.78 is 53.8. The van der Waals surface area contributed by atoms with Crippen LogP contribution < -0.4 is 9.47 Å². The van der Waals surface area contributed by atoms with E-state index in [2.05, 4.69) is 29.8 Å². The van der Waals surface area contributed by atoms with Gasteiger partial charge in [0.25, 0.3) is 0 Å². The molecule has 0 bridgehead atoms. The summed E-state index contributed by atoms with van der Waals surface area (Å²) in [5.74, 6) is 0.0156. The van der Waals surface area contributed by atoms with Gasteiger partial charge in [-0.2, -0.15) is 13.2 Å². The molecule has 2 atom stereocenters. The van der Waals surface area contributed by atoms with Gasteiger partial charge in [-0.1, -0.05) is 6.92 Å². The number of ether oxygens (including phenoxy) is 2. The Morgan fingerprint density at radius 2 is 1.91 bits per heavy atom. The third-order valence-electron chi connectivity index (χ3n) is 8.41. The Morgan fingerprint density at radius 3 is 2.67 bits per heavy atom. The largest absolute Gasteiger partial charge is 0.474 e. The minimum absolute atomic E-state index is 0.0522. The van der Waals surface area contributed by atoms with Crippen molar-refractivity contribution in [1.82, 2.24) is 29.8 Å². The summed E-state index contributed by atoms with van der Waals surface area (Å²) in [5.41, 5.74) is 1.75. The monoisotopic (exact) mass is 594 g/mol. The molecule has 6 rings (SSSR count). The maximum Gasteiger partial charge on any atom is 0.421 e. The average Bonchev–Trinajstić information content (AvgIpc) is 3.48. The fourth-order valence-corrected chi connectivity index (χ4v) is 6.03. The Labute approximate surface area is 246 Å². The first-order valence-electron chi connectivity index (χ1n) is 14.6. The number of pyridine rings is 2. The van der Waals surface area contributed by atoms with Crippen LogP contribution in [0.2, 0.25) is 0 Å². The lowest BCUT2D eigenvalue weighted by molar-refractivity contribution is -0.140. The molecule has 1 fully saturated rings. The molecule has 1 saturated heterocycles. The van der Waals surface area contributed by atoms with Crippen LogP contribution in [0.15, 0.2) is 43.1 Å². The number of halogens is 3. The summed E-state index contributed by atoms with van der Waals surface area (Å²) in [5, 5.41) is 0.731. The minimum atomic E-state index is -4.65. The Kier molecular flexibility index (Phi) is 8.04. The fourth-order valence-electron chi connectivity index (χ4n) is 6.03. The van der Waals surface area contributed by atoms with Gasteiger partial charge < -0.3 is 19.4 Å². The van der Waals surface area contributed by atoms with Gasteiger partial charge in [0.05, 0.1) is 11.6 Å². The molecule has 0 aromatic carbocycles. The number of aromatic amines is 1. The van der Waals surface area contributed by atoms with E-state index in [0.717, 1.165) is 42.2 Å². The molecule has 4 aromatic rings. The predicted molar refractivity (Wildman–Crippen MR) is 152 cm³/mol. The van der Waals surface area contributed by atoms with Gasteiger partial charge in [-0.05, 0) is 68.5 Å². The first kappa shape index (κ1) is 29.0. The quantitative estimate of drug-likeness (QED) is 0.269. The van der Waals surface area contributed by atoms with Crippen LogP contribution in [-0.2, 0) is 23.8 Å². The highest BCUT2D eigenvalue weighted by Gasteiger charge is 2.37. The van der Waals surface area contributed by atoms with Gasteiger partial charge in [-0.15, -0.1) is 0 Å². The van der Waals surface area contributed by atoms with Crippen molar-refractivity contribution in [1.29, 1.82) is 0 Å². The Hall–Kier alpha value is -4.06. The van der Waals surface area contributed by atoms with Crippen LogP contribution in [0.4, 0.5) is 13.2 Å². The number of aromatic nitrogens is 5. The highest BCUT2D eigenvalue weighted by molar-refractivity contribution is 5.84. The molecule has 0 spiro atoms. The number of carbonyl (C=O) groups is 1. The maximum atomic E-state index is 14.0. The van der Waals surface area contributed by atoms with Crippen molar-refractivity contribution >= 4 is 16.8 Å². The SMILES string of the molecule is CCC1CC(C(=O)Cc2cnc(OC3CCN(C)CC3)c(C(F)(F)F)c2)Cc2cc(Oc3ncnc4[nH]ccc34)cnc21. The number of likely N-dealkylation sites (tertiary alicyclic amines) is 1. The Balaban J connectivity index is 1.19. The first-order chi connectivity index (χ1) is 20.7. The van der Waals surface area contributed by atoms with E-state index >= 15 is 0 Å². The molecule has 2 unspecified atom stereocenters. The molecule has 226 valence electrons. The van der Waals surface area contributed by atoms with Crippen molar-refractivity contribution in [2.75, 3.05) is 20.1 Å². The van der Waals surface area contributed by atoms with Crippen molar-refractivity contribution < 1.29 is 27.4 Å². The van der Waals surface area contributed by atoms with Gasteiger partial charge in [-0.25, -0.2) is 15.0 Å². The van der Waals surface area contributed by atoms with Crippen molar-refractivity contribution in [3.8, 4) is 17.5 Å². The summed E-state index contributed by atoms with van der Waals surface area (Å²) in [4.78, 5) is 35.8. The highest BCUT2D eigenvalue weighted by Crippen LogP contribution is 2.40. The summed E-state index contributed by atoms with van der Waals surface area (Å²) in [6.07, 6.45) is 4.10. The van der Waals surface area contributed by atoms with E-state index in [1.54, 1.807) is 12.4 Å². The number of alkyl halides is 3. The van der Waals surface area contributed by atoms with E-state index < -0.39 is 17.6 Å². The molecular formula is C31H33F3N6O3. The molecule has 12 heteroatoms. The van der Waals surface area contributed by atoms with Crippen LogP contribution in [-0.4, -0.2) is 61.8 Å². The average molecular weight is 595 g/mol. The molecule has 43 heavy (non-hydrogen) atoms. The standard InChI is InChI=1S/C31H33F3N6O3/c1-3-19-12-20(13-21-14-23(16-36-27(19)21)43-29-24-4-7-35-28(24)38-17-39-29)26(41)11-18-10-25(31(32,33)34)30(37-15-18)42-22-5-8-40(2)9-6-22/h4,7,10,14-17,19-20,22H,3,5-6,8-9,11-13H2,1-2H3,(H,35,38,39). The summed E-state index contributed by atoms with van der Waals surface area (Å²) in [6, 6.07) is 4.72. The number of nitrogens with zero attached hydrogens (tertiary/aromatic N) is 5. The van der Waals surface area contributed by atoms with Gasteiger partial charge in [-0.3, -0.25) is 9.78 Å². The van der Waals surface area contributed by atoms with Crippen LogP contribution in [0.5, 0.6) is 17.5 Å². The van der Waals surface area contributed by atoms with E-state index in [-0.39, 0.29) is 35.7 Å². The van der Waals surface area contributed by atoms with Gasteiger partial charge >= 0.3 is 6.18 Å². The molecule has 0 amide bonds. The maximum absolute atomic E-state index is 14.0. The van der Waals surface area contributed by atoms with E-state index in [1.165, 1.54) is 12.5 Å². The number of rotatable bonds is 8. The number of hydrogen-bond donors (Lipinski definition) is 1. The number of hydrogen-bond acceptors (Lipinski definition) is 8. The number of H-pyrrole nitrogens is 1. The van der Waals surface area contributed by atoms with Crippen molar-refractivity contribution in [3.63, 3.8) is 0 Å². The second-order valence-corrected chi connectivity index (χ2v) is 11.4. The number of carbonyl (C=O) groups excluding carboxylic acids is 1. The third-order valence-corrected chi connectivity index (χ3v) is 8.41. The highest BCUT2D eigenvalue weighted by atomic mass is 19.4. The molecule has 9 nitrogen and oxygen atoms in total. The second kappa shape index (κ2) is 11.9. The van der Waals surface area contributed by atoms with E-state index in [0.29, 0.717) is 43.0 Å². The molecule has 0 radical (unpaired) electrons. The van der Waals surface area contributed by atoms with Crippen LogP contribution in [0.25, 0.3) is 11.0 Å². The van der Waals surface area contributed by atoms with Crippen LogP contribution in [0.3, 0.4) is 0 Å². The molecule has 0 saturated carbocycles. The normalized spacial score (nSPS) is 19.7. The smallest absolute Gasteiger partial charge is 0.421 e. The number of ketones is 1. The summed E-state index contributed by atoms with van der Waals surface area (Å²) in [7, 11) is 1.97. The molecule has 1 N–H and O–H groups in total. The number of Topliss-reactive ketones (excluding diaryl/α,β-unsaturated/α-hetero) is 1. The van der Waals surface area contributed by atoms with Crippen LogP contribution in [0, 0.1) is 5.92 Å². The lowest BCUT2D eigenvalue weighted by Crippen LogP contribution is -2.36. The summed E-state index contributed by atoms with van der Waals surface area (Å²) >= 11 is 0. The zero-order chi connectivity index (χ0) is 30.1. The van der Waals surface area contributed by atoms with Gasteiger partial charge in [0.15, 0.2) is 0 Å². The van der Waals surface area contributed by atoms with E-state index in [9.17, 15) is 18.0 Å². The van der Waals surface area contributed by atoms with E-state index in [1.807, 2.05) is 26.1 Å². The molecule has 2 aliphatic rings. The van der Waals surface area contributed by atoms with Crippen LogP contribution in [0.1, 0.15) is 60.9 Å². The first-order valence-corrected chi connectivity index (χ1v) is 14.6. The third kappa shape index (κ3) is 6.34.